The summed E-state index contributed by atoms with van der Waals surface area (Å²) in [5, 5.41) is 8.61. The van der Waals surface area contributed by atoms with Gasteiger partial charge in [0.15, 0.2) is 5.82 Å². The fourth-order valence-corrected chi connectivity index (χ4v) is 10.7. The molecule has 274 valence electrons. The van der Waals surface area contributed by atoms with Gasteiger partial charge >= 0.3 is 0 Å². The van der Waals surface area contributed by atoms with Crippen molar-refractivity contribution in [2.24, 2.45) is 0 Å². The van der Waals surface area contributed by atoms with Gasteiger partial charge in [0, 0.05) is 54.3 Å². The molecule has 0 atom stereocenters. The molecule has 13 rings (SSSR count). The Kier molecular flexibility index (Phi) is 6.85. The summed E-state index contributed by atoms with van der Waals surface area (Å²) in [6.45, 7) is 0. The molecule has 0 saturated carbocycles. The average molecular weight is 769 g/mol. The highest BCUT2D eigenvalue weighted by molar-refractivity contribution is 7.26. The predicted molar refractivity (Wildman–Crippen MR) is 249 cm³/mol. The van der Waals surface area contributed by atoms with Gasteiger partial charge in [-0.25, -0.2) is 9.97 Å². The van der Waals surface area contributed by atoms with Crippen molar-refractivity contribution in [3.05, 3.63) is 194 Å². The maximum atomic E-state index is 5.45. The van der Waals surface area contributed by atoms with E-state index in [0.29, 0.717) is 5.82 Å². The Hall–Kier alpha value is -7.60. The smallest absolute Gasteiger partial charge is 0.160 e. The summed E-state index contributed by atoms with van der Waals surface area (Å²) < 4.78 is 4.67. The van der Waals surface area contributed by atoms with Gasteiger partial charge in [-0.15, -0.1) is 11.3 Å². The highest BCUT2D eigenvalue weighted by Crippen LogP contribution is 2.53. The summed E-state index contributed by atoms with van der Waals surface area (Å²) in [6.07, 6.45) is 0. The predicted octanol–water partition coefficient (Wildman–Crippen LogP) is 15.0. The summed E-state index contributed by atoms with van der Waals surface area (Å²) in [5.41, 5.74) is 13.4. The fraction of sp³-hybridized carbons (Fsp3) is 0. The van der Waals surface area contributed by atoms with E-state index in [-0.39, 0.29) is 0 Å². The number of anilines is 3. The number of rotatable bonds is 4. The van der Waals surface area contributed by atoms with Gasteiger partial charge in [-0.3, -0.25) is 0 Å². The molecule has 0 bridgehead atoms. The minimum atomic E-state index is 0.712. The molecule has 0 amide bonds. The quantitative estimate of drug-likeness (QED) is 0.179. The van der Waals surface area contributed by atoms with Gasteiger partial charge in [-0.2, -0.15) is 0 Å². The third kappa shape index (κ3) is 4.77. The van der Waals surface area contributed by atoms with Crippen LogP contribution in [-0.2, 0) is 0 Å². The lowest BCUT2D eigenvalue weighted by molar-refractivity contribution is 1.18. The van der Waals surface area contributed by atoms with E-state index in [0.717, 1.165) is 49.3 Å². The number of hydrogen-bond acceptors (Lipinski definition) is 4. The molecule has 0 unspecified atom stereocenters. The molecule has 0 spiro atoms. The molecular weight excluding hydrogens is 737 g/mol. The van der Waals surface area contributed by atoms with Crippen LogP contribution in [0.15, 0.2) is 194 Å². The van der Waals surface area contributed by atoms with Crippen LogP contribution in [0.25, 0.3) is 103 Å². The Morgan fingerprint density at radius 2 is 1.15 bits per heavy atom. The number of benzene rings is 9. The van der Waals surface area contributed by atoms with Crippen LogP contribution >= 0.6 is 11.3 Å². The van der Waals surface area contributed by atoms with Crippen molar-refractivity contribution in [2.45, 2.75) is 0 Å². The van der Waals surface area contributed by atoms with Gasteiger partial charge in [0.25, 0.3) is 0 Å². The summed E-state index contributed by atoms with van der Waals surface area (Å²) >= 11 is 1.77. The molecular formula is C54H32N4S. The highest BCUT2D eigenvalue weighted by Gasteiger charge is 2.27. The van der Waals surface area contributed by atoms with Crippen molar-refractivity contribution in [3.63, 3.8) is 0 Å². The zero-order chi connectivity index (χ0) is 38.6. The topological polar surface area (TPSA) is 34.0 Å². The van der Waals surface area contributed by atoms with Crippen LogP contribution in [0.4, 0.5) is 17.1 Å². The molecule has 0 fully saturated rings. The van der Waals surface area contributed by atoms with E-state index in [1.54, 1.807) is 11.3 Å². The first kappa shape index (κ1) is 32.5. The Morgan fingerprint density at radius 1 is 0.441 bits per heavy atom. The first-order chi connectivity index (χ1) is 29.3. The zero-order valence-corrected chi connectivity index (χ0v) is 32.5. The lowest BCUT2D eigenvalue weighted by Gasteiger charge is -2.34. The van der Waals surface area contributed by atoms with Crippen LogP contribution in [0.2, 0.25) is 0 Å². The van der Waals surface area contributed by atoms with Crippen molar-refractivity contribution < 1.29 is 0 Å². The number of hydrogen-bond donors (Lipinski definition) is 0. The standard InChI is InChI=1S/C54H32N4S/c1-2-15-37(16-3-1)57-44-21-8-6-18-40(44)41-30-26-36(32-47(41)57)51-53-52(42-19-7-9-23-48(42)59-53)56-54(55-51)35-24-28-38(29-25-35)58-45-22-11-14-34-13-10-20-43(49(34)45)50-39-17-5-4-12-33(39)27-31-46(50)58/h1-32H. The third-order valence-corrected chi connectivity index (χ3v) is 13.3. The Morgan fingerprint density at radius 3 is 2.03 bits per heavy atom. The molecule has 12 aromatic rings. The van der Waals surface area contributed by atoms with Crippen LogP contribution in [0, 0.1) is 0 Å². The van der Waals surface area contributed by atoms with Gasteiger partial charge in [0.05, 0.1) is 38.3 Å². The van der Waals surface area contributed by atoms with Gasteiger partial charge < -0.3 is 9.47 Å². The molecule has 1 aliphatic heterocycles. The first-order valence-electron chi connectivity index (χ1n) is 20.0. The van der Waals surface area contributed by atoms with Crippen LogP contribution < -0.4 is 4.90 Å². The maximum absolute atomic E-state index is 5.45. The fourth-order valence-electron chi connectivity index (χ4n) is 9.50. The summed E-state index contributed by atoms with van der Waals surface area (Å²) in [6, 6.07) is 70.1. The molecule has 4 nitrogen and oxygen atoms in total. The molecule has 9 aromatic carbocycles. The van der Waals surface area contributed by atoms with E-state index in [1.165, 1.54) is 65.0 Å². The molecule has 0 N–H and O–H groups in total. The second-order valence-electron chi connectivity index (χ2n) is 15.3. The lowest BCUT2D eigenvalue weighted by atomic mass is 9.87. The molecule has 4 heterocycles. The average Bonchev–Trinajstić information content (AvgIpc) is 3.85. The van der Waals surface area contributed by atoms with E-state index < -0.39 is 0 Å². The SMILES string of the molecule is c1ccc(-n2c3ccccc3c3ccc(-c4nc(-c5ccc(N6c7ccc8ccccc8c7-c7cccc8cccc6c78)cc5)nc5c4sc4ccccc45)cc32)cc1. The number of thiophene rings is 1. The second kappa shape index (κ2) is 12.4. The Labute approximate surface area is 343 Å². The van der Waals surface area contributed by atoms with E-state index in [9.17, 15) is 0 Å². The van der Waals surface area contributed by atoms with Crippen molar-refractivity contribution in [1.29, 1.82) is 0 Å². The van der Waals surface area contributed by atoms with Crippen LogP contribution in [0.5, 0.6) is 0 Å². The molecule has 0 radical (unpaired) electrons. The molecule has 5 heteroatoms. The van der Waals surface area contributed by atoms with E-state index in [2.05, 4.69) is 204 Å². The molecule has 59 heavy (non-hydrogen) atoms. The molecule has 0 aliphatic carbocycles. The van der Waals surface area contributed by atoms with E-state index in [1.807, 2.05) is 0 Å². The second-order valence-corrected chi connectivity index (χ2v) is 16.4. The molecule has 0 saturated heterocycles. The van der Waals surface area contributed by atoms with Gasteiger partial charge in [-0.1, -0.05) is 127 Å². The van der Waals surface area contributed by atoms with Crippen molar-refractivity contribution in [2.75, 3.05) is 4.90 Å². The number of para-hydroxylation sites is 2. The highest BCUT2D eigenvalue weighted by atomic mass is 32.1. The monoisotopic (exact) mass is 768 g/mol. The van der Waals surface area contributed by atoms with E-state index in [4.69, 9.17) is 9.97 Å². The van der Waals surface area contributed by atoms with Crippen LogP contribution in [0.1, 0.15) is 0 Å². The summed E-state index contributed by atoms with van der Waals surface area (Å²) in [5.74, 6) is 0.712. The van der Waals surface area contributed by atoms with E-state index >= 15 is 0 Å². The minimum Gasteiger partial charge on any atom is -0.309 e. The largest absolute Gasteiger partial charge is 0.309 e. The van der Waals surface area contributed by atoms with Crippen molar-refractivity contribution in [3.8, 4) is 39.5 Å². The number of aromatic nitrogens is 3. The Balaban J connectivity index is 0.999. The molecule has 1 aliphatic rings. The first-order valence-corrected chi connectivity index (χ1v) is 20.8. The van der Waals surface area contributed by atoms with Crippen molar-refractivity contribution >= 4 is 92.1 Å². The third-order valence-electron chi connectivity index (χ3n) is 12.1. The molecule has 3 aromatic heterocycles. The minimum absolute atomic E-state index is 0.712. The number of nitrogens with zero attached hydrogens (tertiary/aromatic N) is 4. The van der Waals surface area contributed by atoms with Crippen molar-refractivity contribution in [1.82, 2.24) is 14.5 Å². The zero-order valence-electron chi connectivity index (χ0n) is 31.7. The normalized spacial score (nSPS) is 12.4. The van der Waals surface area contributed by atoms with Crippen LogP contribution in [-0.4, -0.2) is 14.5 Å². The van der Waals surface area contributed by atoms with Gasteiger partial charge in [0.1, 0.15) is 0 Å². The van der Waals surface area contributed by atoms with Gasteiger partial charge in [-0.05, 0) is 88.5 Å². The van der Waals surface area contributed by atoms with Gasteiger partial charge in [0.2, 0.25) is 0 Å². The van der Waals surface area contributed by atoms with Crippen LogP contribution in [0.3, 0.4) is 0 Å². The summed E-state index contributed by atoms with van der Waals surface area (Å²) in [4.78, 5) is 13.2. The summed E-state index contributed by atoms with van der Waals surface area (Å²) in [7, 11) is 0. The maximum Gasteiger partial charge on any atom is 0.160 e. The Bertz CT molecular complexity index is 3670. The number of fused-ring (bicyclic) bond motifs is 10. The lowest BCUT2D eigenvalue weighted by Crippen LogP contribution is -2.15.